The fourth-order valence-corrected chi connectivity index (χ4v) is 4.71. The first-order valence-corrected chi connectivity index (χ1v) is 16.3. The summed E-state index contributed by atoms with van der Waals surface area (Å²) in [4.78, 5) is 45.4. The molecule has 0 aliphatic rings. The Morgan fingerprint density at radius 3 is 2.10 bits per heavy atom. The third kappa shape index (κ3) is 11.9. The molecule has 0 saturated carbocycles. The Labute approximate surface area is 295 Å². The number of carboxylic acid groups (broad SMARTS) is 1. The molecule has 3 aromatic carbocycles. The summed E-state index contributed by atoms with van der Waals surface area (Å²) >= 11 is 0.647. The van der Waals surface area contributed by atoms with E-state index in [0.29, 0.717) is 42.7 Å². The molecule has 1 amide bonds. The number of carboxylic acids is 1. The zero-order chi connectivity index (χ0) is 36.6. The van der Waals surface area contributed by atoms with E-state index in [0.717, 1.165) is 22.6 Å². The second kappa shape index (κ2) is 19.9. The zero-order valence-corrected chi connectivity index (χ0v) is 29.8. The van der Waals surface area contributed by atoms with Gasteiger partial charge in [0.05, 0.1) is 32.6 Å². The molecule has 0 radical (unpaired) electrons. The number of aliphatic carboxylic acids is 1. The van der Waals surface area contributed by atoms with Gasteiger partial charge in [0.15, 0.2) is 18.1 Å². The fourth-order valence-electron chi connectivity index (χ4n) is 4.37. The average Bonchev–Trinajstić information content (AvgIpc) is 3.49. The van der Waals surface area contributed by atoms with Crippen LogP contribution in [0.5, 0.6) is 17.2 Å². The third-order valence-corrected chi connectivity index (χ3v) is 7.96. The largest absolute Gasteiger partial charge is 0.497 e. The van der Waals surface area contributed by atoms with Crippen LogP contribution in [0, 0.1) is 6.92 Å². The highest BCUT2D eigenvalue weighted by Crippen LogP contribution is 2.28. The Hall–Kier alpha value is -4.89. The Bertz CT molecular complexity index is 1650. The van der Waals surface area contributed by atoms with Gasteiger partial charge in [-0.2, -0.15) is 0 Å². The number of oxazole rings is 1. The van der Waals surface area contributed by atoms with Crippen molar-refractivity contribution < 1.29 is 51.5 Å². The highest BCUT2D eigenvalue weighted by atomic mass is 32.2. The average molecular weight is 711 g/mol. The molecular formula is C36H42N2O11S. The van der Waals surface area contributed by atoms with E-state index >= 15 is 0 Å². The Kier molecular flexibility index (Phi) is 15.8. The molecular weight excluding hydrogens is 668 g/mol. The summed E-state index contributed by atoms with van der Waals surface area (Å²) in [6.45, 7) is 8.55. The molecule has 50 heavy (non-hydrogen) atoms. The summed E-state index contributed by atoms with van der Waals surface area (Å²) < 4.78 is 31.4. The van der Waals surface area contributed by atoms with Gasteiger partial charge in [-0.1, -0.05) is 30.3 Å². The Morgan fingerprint density at radius 2 is 1.52 bits per heavy atom. The Morgan fingerprint density at radius 1 is 0.900 bits per heavy atom. The van der Waals surface area contributed by atoms with Crippen LogP contribution in [0.25, 0.3) is 11.5 Å². The number of hydrogen-bond donors (Lipinski definition) is 1. The van der Waals surface area contributed by atoms with Gasteiger partial charge in [-0.05, 0) is 88.7 Å². The van der Waals surface area contributed by atoms with E-state index in [1.807, 2.05) is 37.3 Å². The van der Waals surface area contributed by atoms with Gasteiger partial charge in [-0.25, -0.2) is 19.5 Å². The molecule has 0 aliphatic heterocycles. The number of methoxy groups -OCH3 is 1. The minimum absolute atomic E-state index is 0.0489. The molecule has 3 atom stereocenters. The topological polar surface area (TPSA) is 156 Å². The van der Waals surface area contributed by atoms with Crippen molar-refractivity contribution in [3.05, 3.63) is 95.9 Å². The fraction of sp³-hybridized carbons (Fsp3) is 0.333. The van der Waals surface area contributed by atoms with Crippen molar-refractivity contribution in [2.45, 2.75) is 59.2 Å². The highest BCUT2D eigenvalue weighted by Gasteiger charge is 2.32. The summed E-state index contributed by atoms with van der Waals surface area (Å²) in [5, 5.41) is 9.65. The number of ketones is 1. The first-order valence-electron chi connectivity index (χ1n) is 15.6. The number of carbonyl (C=O) groups is 3. The number of nitrogens with zero attached hydrogens (tertiary/aromatic N) is 2. The maximum absolute atomic E-state index is 13.1. The number of amides is 1. The smallest absolute Gasteiger partial charge is 0.416 e. The molecule has 3 unspecified atom stereocenters. The quantitative estimate of drug-likeness (QED) is 0.0530. The standard InChI is InChI=1S/C31H32N2O7.C5H10O4S/c1-20(33(21(2)30(34)35)31(36)40-27-16-14-25(37-4)15-17-27)23-10-12-26(13-11-23)38-19-18-28-22(3)39-29(32-28)24-8-6-5-7-9-24;1-4(6)5(2)8-10-9-7-3/h5-17,20-21H,18-19H2,1-4H3,(H,34,35);5H,1-3H3. The maximum atomic E-state index is 13.1. The molecule has 14 heteroatoms. The van der Waals surface area contributed by atoms with E-state index in [-0.39, 0.29) is 11.5 Å². The second-order valence-corrected chi connectivity index (χ2v) is 11.3. The number of aryl methyl sites for hydroxylation is 1. The van der Waals surface area contributed by atoms with E-state index in [1.54, 1.807) is 62.4 Å². The highest BCUT2D eigenvalue weighted by molar-refractivity contribution is 7.89. The lowest BCUT2D eigenvalue weighted by Gasteiger charge is -2.31. The lowest BCUT2D eigenvalue weighted by Crippen LogP contribution is -2.46. The molecule has 1 aromatic heterocycles. The van der Waals surface area contributed by atoms with Crippen molar-refractivity contribution in [1.29, 1.82) is 0 Å². The predicted octanol–water partition coefficient (Wildman–Crippen LogP) is 7.44. The van der Waals surface area contributed by atoms with Crippen molar-refractivity contribution in [3.63, 3.8) is 0 Å². The SMILES string of the molecule is COOSOC(C)C(C)=O.COc1ccc(OC(=O)N(C(C)C(=O)O)C(C)c2ccc(OCCc3nc(-c4ccccc4)oc3C)cc2)cc1. The molecule has 0 fully saturated rings. The first kappa shape index (κ1) is 39.5. The van der Waals surface area contributed by atoms with Gasteiger partial charge in [-0.15, -0.1) is 4.33 Å². The normalized spacial score (nSPS) is 12.5. The first-order chi connectivity index (χ1) is 23.9. The number of benzene rings is 3. The van der Waals surface area contributed by atoms with Gasteiger partial charge in [0.25, 0.3) is 0 Å². The van der Waals surface area contributed by atoms with Crippen LogP contribution in [0.3, 0.4) is 0 Å². The molecule has 4 aromatic rings. The van der Waals surface area contributed by atoms with Crippen molar-refractivity contribution in [2.24, 2.45) is 0 Å². The number of aromatic nitrogens is 1. The molecule has 4 rings (SSSR count). The molecule has 0 bridgehead atoms. The molecule has 0 aliphatic carbocycles. The summed E-state index contributed by atoms with van der Waals surface area (Å²) in [5.41, 5.74) is 2.48. The molecule has 13 nitrogen and oxygen atoms in total. The second-order valence-electron chi connectivity index (χ2n) is 10.8. The van der Waals surface area contributed by atoms with Crippen molar-refractivity contribution in [2.75, 3.05) is 20.8 Å². The number of carbonyl (C=O) groups excluding carboxylic acids is 2. The summed E-state index contributed by atoms with van der Waals surface area (Å²) in [5.74, 6) is 1.67. The third-order valence-electron chi connectivity index (χ3n) is 7.40. The van der Waals surface area contributed by atoms with E-state index < -0.39 is 30.3 Å². The van der Waals surface area contributed by atoms with Crippen LogP contribution in [0.15, 0.2) is 83.3 Å². The minimum Gasteiger partial charge on any atom is -0.497 e. The molecule has 1 N–H and O–H groups in total. The van der Waals surface area contributed by atoms with Crippen LogP contribution >= 0.6 is 12.3 Å². The van der Waals surface area contributed by atoms with Crippen molar-refractivity contribution in [3.8, 4) is 28.7 Å². The van der Waals surface area contributed by atoms with Crippen LogP contribution < -0.4 is 14.2 Å². The van der Waals surface area contributed by atoms with Crippen LogP contribution in [0.1, 0.15) is 50.8 Å². The van der Waals surface area contributed by atoms with E-state index in [1.165, 1.54) is 33.0 Å². The van der Waals surface area contributed by atoms with Crippen LogP contribution in [-0.2, 0) is 29.4 Å². The minimum atomic E-state index is -1.14. The van der Waals surface area contributed by atoms with Gasteiger partial charge in [0.2, 0.25) is 5.89 Å². The number of ether oxygens (including phenoxy) is 3. The van der Waals surface area contributed by atoms with Crippen molar-refractivity contribution >= 4 is 30.2 Å². The lowest BCUT2D eigenvalue weighted by atomic mass is 10.1. The predicted molar refractivity (Wildman–Crippen MR) is 186 cm³/mol. The van der Waals surface area contributed by atoms with Gasteiger partial charge in [0, 0.05) is 12.0 Å². The molecule has 1 heterocycles. The summed E-state index contributed by atoms with van der Waals surface area (Å²) in [6.07, 6.45) is -0.660. The Balaban J connectivity index is 0.000000588. The number of rotatable bonds is 16. The van der Waals surface area contributed by atoms with Crippen molar-refractivity contribution in [1.82, 2.24) is 9.88 Å². The van der Waals surface area contributed by atoms with Crippen LogP contribution in [0.2, 0.25) is 0 Å². The monoisotopic (exact) mass is 710 g/mol. The van der Waals surface area contributed by atoms with Gasteiger partial charge >= 0.3 is 12.1 Å². The lowest BCUT2D eigenvalue weighted by molar-refractivity contribution is -0.168. The number of Topliss-reactive ketones (excluding diaryl/α,β-unsaturated/α-hetero) is 1. The molecule has 0 spiro atoms. The zero-order valence-electron chi connectivity index (χ0n) is 29.0. The summed E-state index contributed by atoms with van der Waals surface area (Å²) in [7, 11) is 2.89. The number of hydrogen-bond acceptors (Lipinski definition) is 12. The van der Waals surface area contributed by atoms with Crippen LogP contribution in [-0.4, -0.2) is 65.8 Å². The van der Waals surface area contributed by atoms with Gasteiger partial charge in [0.1, 0.15) is 35.2 Å². The van der Waals surface area contributed by atoms with E-state index in [9.17, 15) is 19.5 Å². The van der Waals surface area contributed by atoms with Crippen LogP contribution in [0.4, 0.5) is 4.79 Å². The van der Waals surface area contributed by atoms with E-state index in [4.69, 9.17) is 22.8 Å². The van der Waals surface area contributed by atoms with Gasteiger partial charge < -0.3 is 23.7 Å². The molecule has 0 saturated heterocycles. The summed E-state index contributed by atoms with van der Waals surface area (Å²) in [6, 6.07) is 21.7. The van der Waals surface area contributed by atoms with E-state index in [2.05, 4.69) is 14.2 Å². The molecule has 268 valence electrons. The van der Waals surface area contributed by atoms with Gasteiger partial charge in [-0.3, -0.25) is 13.9 Å². The maximum Gasteiger partial charge on any atom is 0.416 e.